The van der Waals surface area contributed by atoms with Crippen LogP contribution in [0.1, 0.15) is 16.8 Å². The standard InChI is InChI=1S/C20H15BrN6O2/c21-14-8-6-13(7-9-14)17(28)12-27-16-5-2-1-4-15(16)24-20(27)18-19(26-29-25-18)23-11-3-10-22/h1-2,4-9H,3,11-12H2,(H,23,26). The topological polar surface area (TPSA) is 110 Å². The molecule has 0 saturated heterocycles. The van der Waals surface area contributed by atoms with E-state index in [1.165, 1.54) is 0 Å². The third-order valence-electron chi connectivity index (χ3n) is 4.35. The van der Waals surface area contributed by atoms with Crippen LogP contribution >= 0.6 is 15.9 Å². The lowest BCUT2D eigenvalue weighted by molar-refractivity contribution is 0.0974. The number of hydrogen-bond donors (Lipinski definition) is 1. The quantitative estimate of drug-likeness (QED) is 0.333. The lowest BCUT2D eigenvalue weighted by Gasteiger charge is -2.08. The normalized spacial score (nSPS) is 10.8. The summed E-state index contributed by atoms with van der Waals surface area (Å²) < 4.78 is 7.60. The van der Waals surface area contributed by atoms with Crippen molar-refractivity contribution in [3.05, 3.63) is 58.6 Å². The first-order valence-electron chi connectivity index (χ1n) is 8.85. The van der Waals surface area contributed by atoms with Crippen LogP contribution < -0.4 is 5.32 Å². The number of ketones is 1. The van der Waals surface area contributed by atoms with E-state index in [0.717, 1.165) is 15.5 Å². The van der Waals surface area contributed by atoms with Gasteiger partial charge in [0.2, 0.25) is 5.82 Å². The van der Waals surface area contributed by atoms with Crippen molar-refractivity contribution >= 4 is 38.6 Å². The first-order valence-corrected chi connectivity index (χ1v) is 9.64. The number of carbonyl (C=O) groups is 1. The van der Waals surface area contributed by atoms with E-state index in [1.54, 1.807) is 16.7 Å². The van der Waals surface area contributed by atoms with Crippen LogP contribution in [0.2, 0.25) is 0 Å². The van der Waals surface area contributed by atoms with Gasteiger partial charge < -0.3 is 9.88 Å². The summed E-state index contributed by atoms with van der Waals surface area (Å²) >= 11 is 3.38. The van der Waals surface area contributed by atoms with Gasteiger partial charge in [0.15, 0.2) is 17.3 Å². The van der Waals surface area contributed by atoms with Gasteiger partial charge >= 0.3 is 0 Å². The Labute approximate surface area is 174 Å². The third kappa shape index (κ3) is 3.88. The number of Topliss-reactive ketones (excluding diaryl/α,β-unsaturated/α-hetero) is 1. The lowest BCUT2D eigenvalue weighted by Crippen LogP contribution is -2.12. The smallest absolute Gasteiger partial charge is 0.202 e. The van der Waals surface area contributed by atoms with E-state index < -0.39 is 0 Å². The maximum atomic E-state index is 12.9. The third-order valence-corrected chi connectivity index (χ3v) is 4.88. The molecule has 2 aromatic carbocycles. The number of benzene rings is 2. The molecule has 0 atom stereocenters. The Kier molecular flexibility index (Phi) is 5.35. The summed E-state index contributed by atoms with van der Waals surface area (Å²) in [5.74, 6) is 0.794. The fourth-order valence-corrected chi connectivity index (χ4v) is 3.24. The molecule has 8 nitrogen and oxygen atoms in total. The molecule has 1 N–H and O–H groups in total. The van der Waals surface area contributed by atoms with Gasteiger partial charge in [0.25, 0.3) is 0 Å². The predicted molar refractivity (Wildman–Crippen MR) is 110 cm³/mol. The summed E-state index contributed by atoms with van der Waals surface area (Å²) in [7, 11) is 0. The molecule has 2 aromatic heterocycles. The second-order valence-corrected chi connectivity index (χ2v) is 7.15. The highest BCUT2D eigenvalue weighted by molar-refractivity contribution is 9.10. The van der Waals surface area contributed by atoms with Crippen LogP contribution in [-0.4, -0.2) is 32.2 Å². The van der Waals surface area contributed by atoms with Gasteiger partial charge in [0.05, 0.1) is 30.1 Å². The first kappa shape index (κ1) is 18.8. The average Bonchev–Trinajstić information content (AvgIpc) is 3.33. The molecule has 2 heterocycles. The molecule has 0 spiro atoms. The molecule has 29 heavy (non-hydrogen) atoms. The van der Waals surface area contributed by atoms with Gasteiger partial charge in [-0.15, -0.1) is 0 Å². The van der Waals surface area contributed by atoms with Gasteiger partial charge in [-0.25, -0.2) is 9.61 Å². The summed E-state index contributed by atoms with van der Waals surface area (Å²) in [6.07, 6.45) is 0.310. The lowest BCUT2D eigenvalue weighted by atomic mass is 10.1. The highest BCUT2D eigenvalue weighted by Gasteiger charge is 2.22. The van der Waals surface area contributed by atoms with Gasteiger partial charge in [-0.05, 0) is 34.6 Å². The Bertz CT molecular complexity index is 1210. The summed E-state index contributed by atoms with van der Waals surface area (Å²) in [6.45, 7) is 0.484. The van der Waals surface area contributed by atoms with Gasteiger partial charge in [-0.2, -0.15) is 5.26 Å². The van der Waals surface area contributed by atoms with E-state index in [0.29, 0.717) is 35.9 Å². The Morgan fingerprint density at radius 1 is 1.17 bits per heavy atom. The summed E-state index contributed by atoms with van der Waals surface area (Å²) in [6, 6.07) is 16.8. The fraction of sp³-hybridized carbons (Fsp3) is 0.150. The Balaban J connectivity index is 1.74. The number of aromatic nitrogens is 4. The molecule has 0 amide bonds. The van der Waals surface area contributed by atoms with Crippen molar-refractivity contribution in [2.45, 2.75) is 13.0 Å². The monoisotopic (exact) mass is 450 g/mol. The number of anilines is 1. The number of halogens is 1. The SMILES string of the molecule is N#CCCNc1nonc1-c1nc2ccccc2n1CC(=O)c1ccc(Br)cc1. The number of fused-ring (bicyclic) bond motifs is 1. The summed E-state index contributed by atoms with van der Waals surface area (Å²) in [5.41, 5.74) is 2.53. The fourth-order valence-electron chi connectivity index (χ4n) is 2.98. The molecule has 9 heteroatoms. The van der Waals surface area contributed by atoms with Crippen LogP contribution in [0, 0.1) is 11.3 Å². The largest absolute Gasteiger partial charge is 0.364 e. The predicted octanol–water partition coefficient (Wildman–Crippen LogP) is 4.06. The molecule has 0 saturated carbocycles. The molecule has 0 bridgehead atoms. The minimum Gasteiger partial charge on any atom is -0.364 e. The second kappa shape index (κ2) is 8.24. The Morgan fingerprint density at radius 3 is 2.76 bits per heavy atom. The minimum atomic E-state index is -0.0580. The molecule has 144 valence electrons. The zero-order chi connectivity index (χ0) is 20.2. The Hall–Kier alpha value is -3.51. The van der Waals surface area contributed by atoms with Crippen molar-refractivity contribution in [2.75, 3.05) is 11.9 Å². The second-order valence-electron chi connectivity index (χ2n) is 6.24. The molecule has 0 aliphatic carbocycles. The first-order chi connectivity index (χ1) is 14.2. The van der Waals surface area contributed by atoms with Crippen molar-refractivity contribution in [1.29, 1.82) is 5.26 Å². The zero-order valence-corrected chi connectivity index (χ0v) is 16.8. The van der Waals surface area contributed by atoms with E-state index in [1.807, 2.05) is 36.4 Å². The van der Waals surface area contributed by atoms with Crippen LogP contribution in [0.25, 0.3) is 22.6 Å². The number of nitrogens with zero attached hydrogens (tertiary/aromatic N) is 5. The van der Waals surface area contributed by atoms with Crippen LogP contribution in [0.3, 0.4) is 0 Å². The number of imidazole rings is 1. The van der Waals surface area contributed by atoms with Crippen molar-refractivity contribution in [3.63, 3.8) is 0 Å². The maximum Gasteiger partial charge on any atom is 0.202 e. The average molecular weight is 451 g/mol. The van der Waals surface area contributed by atoms with Crippen molar-refractivity contribution in [2.24, 2.45) is 0 Å². The summed E-state index contributed by atoms with van der Waals surface area (Å²) in [5, 5.41) is 19.6. The molecule has 0 radical (unpaired) electrons. The van der Waals surface area contributed by atoms with E-state index in [-0.39, 0.29) is 12.3 Å². The van der Waals surface area contributed by atoms with E-state index in [4.69, 9.17) is 9.89 Å². The number of nitrogens with one attached hydrogen (secondary N) is 1. The number of hydrogen-bond acceptors (Lipinski definition) is 7. The van der Waals surface area contributed by atoms with Crippen LogP contribution in [0.15, 0.2) is 57.6 Å². The molecular weight excluding hydrogens is 436 g/mol. The van der Waals surface area contributed by atoms with Gasteiger partial charge in [0, 0.05) is 16.6 Å². The maximum absolute atomic E-state index is 12.9. The molecular formula is C20H15BrN6O2. The molecule has 0 fully saturated rings. The van der Waals surface area contributed by atoms with Gasteiger partial charge in [-0.1, -0.05) is 40.2 Å². The number of carbonyl (C=O) groups excluding carboxylic acids is 1. The molecule has 4 aromatic rings. The van der Waals surface area contributed by atoms with E-state index >= 15 is 0 Å². The summed E-state index contributed by atoms with van der Waals surface area (Å²) in [4.78, 5) is 17.6. The highest BCUT2D eigenvalue weighted by Crippen LogP contribution is 2.28. The Morgan fingerprint density at radius 2 is 1.97 bits per heavy atom. The number of nitriles is 1. The molecule has 0 aliphatic heterocycles. The van der Waals surface area contributed by atoms with E-state index in [2.05, 4.69) is 42.6 Å². The molecule has 0 unspecified atom stereocenters. The molecule has 4 rings (SSSR count). The van der Waals surface area contributed by atoms with Crippen molar-refractivity contribution in [3.8, 4) is 17.6 Å². The number of para-hydroxylation sites is 2. The molecule has 0 aliphatic rings. The van der Waals surface area contributed by atoms with Crippen molar-refractivity contribution in [1.82, 2.24) is 19.9 Å². The van der Waals surface area contributed by atoms with Gasteiger partial charge in [0.1, 0.15) is 0 Å². The highest BCUT2D eigenvalue weighted by atomic mass is 79.9. The van der Waals surface area contributed by atoms with E-state index in [9.17, 15) is 4.79 Å². The zero-order valence-electron chi connectivity index (χ0n) is 15.2. The van der Waals surface area contributed by atoms with Crippen LogP contribution in [0.4, 0.5) is 5.82 Å². The van der Waals surface area contributed by atoms with Crippen molar-refractivity contribution < 1.29 is 9.42 Å². The van der Waals surface area contributed by atoms with Gasteiger partial charge in [-0.3, -0.25) is 4.79 Å². The number of rotatable bonds is 7. The minimum absolute atomic E-state index is 0.0580. The van der Waals surface area contributed by atoms with Crippen LogP contribution in [-0.2, 0) is 6.54 Å². The van der Waals surface area contributed by atoms with Crippen LogP contribution in [0.5, 0.6) is 0 Å².